The zero-order chi connectivity index (χ0) is 27.4. The van der Waals surface area contributed by atoms with E-state index in [1.54, 1.807) is 11.0 Å². The summed E-state index contributed by atoms with van der Waals surface area (Å²) in [4.78, 5) is 25.2. The van der Waals surface area contributed by atoms with Gasteiger partial charge in [0, 0.05) is 68.0 Å². The molecule has 10 heteroatoms. The molecule has 0 saturated carbocycles. The average Bonchev–Trinajstić information content (AvgIpc) is 2.91. The molecule has 2 aliphatic heterocycles. The van der Waals surface area contributed by atoms with Crippen molar-refractivity contribution in [1.29, 1.82) is 10.7 Å². The number of hydrogen-bond donors (Lipinski definition) is 2. The highest BCUT2D eigenvalue weighted by atomic mass is 16.5. The molecule has 0 bridgehead atoms. The molecule has 0 spiro atoms. The fourth-order valence-corrected chi connectivity index (χ4v) is 5.30. The SMILES string of the molecule is C=CC(=O)N1CCN(c2c(C#N)c(OC(C)CN(C)C)nc3c2CCN(c2cccc(N)c2C=N)C3)CC1. The maximum absolute atomic E-state index is 12.1. The highest BCUT2D eigenvalue weighted by Gasteiger charge is 2.32. The number of carbonyl (C=O) groups excluding carboxylic acids is 1. The number of nitrogens with two attached hydrogens (primary N) is 1. The molecule has 38 heavy (non-hydrogen) atoms. The quantitative estimate of drug-likeness (QED) is 0.311. The number of nitrogens with zero attached hydrogens (tertiary/aromatic N) is 6. The molecule has 1 fully saturated rings. The van der Waals surface area contributed by atoms with Crippen LogP contribution in [0.15, 0.2) is 30.9 Å². The van der Waals surface area contributed by atoms with Crippen molar-refractivity contribution in [1.82, 2.24) is 14.8 Å². The molecule has 10 nitrogen and oxygen atoms in total. The number of benzene rings is 1. The van der Waals surface area contributed by atoms with E-state index in [-0.39, 0.29) is 12.0 Å². The molecule has 1 aromatic carbocycles. The molecule has 3 heterocycles. The van der Waals surface area contributed by atoms with Gasteiger partial charge in [0.25, 0.3) is 0 Å². The second kappa shape index (κ2) is 11.5. The first-order valence-electron chi connectivity index (χ1n) is 12.8. The summed E-state index contributed by atoms with van der Waals surface area (Å²) in [6.45, 7) is 9.78. The van der Waals surface area contributed by atoms with Gasteiger partial charge in [-0.2, -0.15) is 5.26 Å². The number of rotatable bonds is 8. The predicted octanol–water partition coefficient (Wildman–Crippen LogP) is 2.26. The molecule has 1 atom stereocenters. The van der Waals surface area contributed by atoms with Gasteiger partial charge in [-0.1, -0.05) is 12.6 Å². The molecule has 2 aromatic rings. The van der Waals surface area contributed by atoms with Crippen LogP contribution in [0.1, 0.15) is 29.3 Å². The summed E-state index contributed by atoms with van der Waals surface area (Å²) < 4.78 is 6.27. The fraction of sp³-hybridized carbons (Fsp3) is 0.429. The average molecular weight is 517 g/mol. The van der Waals surface area contributed by atoms with Crippen LogP contribution in [0.25, 0.3) is 0 Å². The van der Waals surface area contributed by atoms with Crippen LogP contribution in [-0.2, 0) is 17.8 Å². The largest absolute Gasteiger partial charge is 0.472 e. The number of fused-ring (bicyclic) bond motifs is 1. The molecular formula is C28H36N8O2. The van der Waals surface area contributed by atoms with Crippen LogP contribution in [0.3, 0.4) is 0 Å². The van der Waals surface area contributed by atoms with Crippen LogP contribution in [0.2, 0.25) is 0 Å². The van der Waals surface area contributed by atoms with Crippen LogP contribution in [0, 0.1) is 16.7 Å². The minimum atomic E-state index is -0.171. The lowest BCUT2D eigenvalue weighted by Crippen LogP contribution is -2.49. The van der Waals surface area contributed by atoms with Gasteiger partial charge < -0.3 is 35.5 Å². The van der Waals surface area contributed by atoms with Crippen LogP contribution >= 0.6 is 0 Å². The Morgan fingerprint density at radius 1 is 1.29 bits per heavy atom. The topological polar surface area (TPSA) is 126 Å². The summed E-state index contributed by atoms with van der Waals surface area (Å²) in [7, 11) is 3.95. The number of likely N-dealkylation sites (N-methyl/N-ethyl adjacent to an activating group) is 1. The van der Waals surface area contributed by atoms with Crippen LogP contribution in [-0.4, -0.2) is 86.4 Å². The Bertz CT molecular complexity index is 1260. The highest BCUT2D eigenvalue weighted by Crippen LogP contribution is 2.38. The molecule has 0 radical (unpaired) electrons. The maximum Gasteiger partial charge on any atom is 0.246 e. The Kier molecular flexibility index (Phi) is 8.17. The summed E-state index contributed by atoms with van der Waals surface area (Å²) in [5, 5.41) is 18.2. The number of pyridine rings is 1. The number of ether oxygens (including phenoxy) is 1. The molecule has 3 N–H and O–H groups in total. The van der Waals surface area contributed by atoms with Gasteiger partial charge in [0.2, 0.25) is 11.8 Å². The number of aromatic nitrogens is 1. The molecule has 1 saturated heterocycles. The van der Waals surface area contributed by atoms with Crippen LogP contribution in [0.4, 0.5) is 17.1 Å². The number of nitrogens with one attached hydrogen (secondary N) is 1. The van der Waals surface area contributed by atoms with E-state index in [0.29, 0.717) is 74.9 Å². The van der Waals surface area contributed by atoms with Crippen LogP contribution < -0.4 is 20.3 Å². The molecular weight excluding hydrogens is 480 g/mol. The van der Waals surface area contributed by atoms with Crippen molar-refractivity contribution in [2.75, 3.05) is 68.9 Å². The van der Waals surface area contributed by atoms with Crippen molar-refractivity contribution in [3.05, 3.63) is 53.2 Å². The zero-order valence-corrected chi connectivity index (χ0v) is 22.4. The van der Waals surface area contributed by atoms with E-state index >= 15 is 0 Å². The number of nitrogen functional groups attached to an aromatic ring is 1. The summed E-state index contributed by atoms with van der Waals surface area (Å²) in [6, 6.07) is 8.05. The molecule has 1 unspecified atom stereocenters. The van der Waals surface area contributed by atoms with Crippen molar-refractivity contribution >= 4 is 29.2 Å². The van der Waals surface area contributed by atoms with E-state index in [4.69, 9.17) is 20.9 Å². The van der Waals surface area contributed by atoms with Crippen molar-refractivity contribution in [2.24, 2.45) is 0 Å². The third-order valence-corrected chi connectivity index (χ3v) is 7.02. The van der Waals surface area contributed by atoms with Crippen molar-refractivity contribution in [2.45, 2.75) is 26.0 Å². The molecule has 1 amide bonds. The number of amides is 1. The van der Waals surface area contributed by atoms with E-state index in [1.807, 2.05) is 38.1 Å². The maximum atomic E-state index is 12.1. The Morgan fingerprint density at radius 3 is 2.66 bits per heavy atom. The summed E-state index contributed by atoms with van der Waals surface area (Å²) in [5.41, 5.74) is 11.5. The first kappa shape index (κ1) is 26.9. The first-order valence-corrected chi connectivity index (χ1v) is 12.8. The van der Waals surface area contributed by atoms with Gasteiger partial charge in [0.15, 0.2) is 0 Å². The predicted molar refractivity (Wildman–Crippen MR) is 150 cm³/mol. The smallest absolute Gasteiger partial charge is 0.246 e. The van der Waals surface area contributed by atoms with Crippen LogP contribution in [0.5, 0.6) is 5.88 Å². The van der Waals surface area contributed by atoms with Gasteiger partial charge in [-0.25, -0.2) is 4.98 Å². The molecule has 1 aromatic heterocycles. The molecule has 4 rings (SSSR count). The lowest BCUT2D eigenvalue weighted by Gasteiger charge is -2.39. The number of nitriles is 1. The van der Waals surface area contributed by atoms with Gasteiger partial charge in [-0.3, -0.25) is 4.79 Å². The van der Waals surface area contributed by atoms with E-state index in [2.05, 4.69) is 22.4 Å². The van der Waals surface area contributed by atoms with Crippen molar-refractivity contribution in [3.63, 3.8) is 0 Å². The summed E-state index contributed by atoms with van der Waals surface area (Å²) in [5.74, 6) is 0.255. The van der Waals surface area contributed by atoms with Gasteiger partial charge in [-0.15, -0.1) is 0 Å². The third-order valence-electron chi connectivity index (χ3n) is 7.02. The molecule has 2 aliphatic rings. The highest BCUT2D eigenvalue weighted by molar-refractivity contribution is 5.93. The summed E-state index contributed by atoms with van der Waals surface area (Å²) in [6.07, 6.45) is 3.14. The van der Waals surface area contributed by atoms with Gasteiger partial charge in [0.1, 0.15) is 17.7 Å². The monoisotopic (exact) mass is 516 g/mol. The zero-order valence-electron chi connectivity index (χ0n) is 22.4. The molecule has 200 valence electrons. The Labute approximate surface area is 224 Å². The standard InChI is InChI=1S/C28H36N8O2/c1-5-26(37)34-11-13-35(14-12-34)27-20-9-10-36(25-8-6-7-23(31)21(25)15-29)18-24(20)32-28(22(27)16-30)38-19(2)17-33(3)4/h5-8,15,19,29H,1,9-14,17-18,31H2,2-4H3. The Hall–Kier alpha value is -4.10. The number of anilines is 3. The van der Waals surface area contributed by atoms with E-state index in [1.165, 1.54) is 12.3 Å². The lowest BCUT2D eigenvalue weighted by atomic mass is 9.97. The lowest BCUT2D eigenvalue weighted by molar-refractivity contribution is -0.126. The van der Waals surface area contributed by atoms with Gasteiger partial charge >= 0.3 is 0 Å². The normalized spacial score (nSPS) is 16.0. The minimum Gasteiger partial charge on any atom is -0.472 e. The number of hydrogen-bond acceptors (Lipinski definition) is 9. The van der Waals surface area contributed by atoms with E-state index < -0.39 is 0 Å². The minimum absolute atomic E-state index is 0.0803. The Balaban J connectivity index is 1.75. The van der Waals surface area contributed by atoms with Crippen molar-refractivity contribution in [3.8, 4) is 11.9 Å². The van der Waals surface area contributed by atoms with Gasteiger partial charge in [0.05, 0.1) is 17.9 Å². The van der Waals surface area contributed by atoms with Gasteiger partial charge in [-0.05, 0) is 45.6 Å². The Morgan fingerprint density at radius 2 is 2.03 bits per heavy atom. The second-order valence-corrected chi connectivity index (χ2v) is 9.98. The van der Waals surface area contributed by atoms with Crippen molar-refractivity contribution < 1.29 is 9.53 Å². The third kappa shape index (κ3) is 5.43. The molecule has 0 aliphatic carbocycles. The first-order chi connectivity index (χ1) is 18.3. The number of piperazine rings is 1. The fourth-order valence-electron chi connectivity index (χ4n) is 5.30. The number of carbonyl (C=O) groups is 1. The van der Waals surface area contributed by atoms with E-state index in [0.717, 1.165) is 22.6 Å². The second-order valence-electron chi connectivity index (χ2n) is 9.98. The van der Waals surface area contributed by atoms with E-state index in [9.17, 15) is 10.1 Å². The summed E-state index contributed by atoms with van der Waals surface area (Å²) >= 11 is 0.